The van der Waals surface area contributed by atoms with Crippen molar-refractivity contribution in [2.45, 2.75) is 17.8 Å². The van der Waals surface area contributed by atoms with E-state index in [0.717, 1.165) is 27.9 Å². The van der Waals surface area contributed by atoms with Crippen LogP contribution in [0, 0.1) is 6.92 Å². The Balaban J connectivity index is 1.56. The zero-order chi connectivity index (χ0) is 15.6. The highest BCUT2D eigenvalue weighted by atomic mass is 32.2. The number of thioether (sulfide) groups is 1. The first-order valence-electron chi connectivity index (χ1n) is 7.32. The van der Waals surface area contributed by atoms with Crippen LogP contribution < -0.4 is 0 Å². The summed E-state index contributed by atoms with van der Waals surface area (Å²) in [7, 11) is 0. The standard InChI is InChI=1S/C17H15N5S/c1-13-7-8-16-19-14(10-21(16)9-13)11-23-17-20-18-12-22(17)15-5-3-2-4-6-15/h2-10,12H,11H2,1H3. The van der Waals surface area contributed by atoms with Gasteiger partial charge in [-0.2, -0.15) is 0 Å². The van der Waals surface area contributed by atoms with Gasteiger partial charge in [-0.25, -0.2) is 4.98 Å². The van der Waals surface area contributed by atoms with Gasteiger partial charge in [0, 0.05) is 23.8 Å². The topological polar surface area (TPSA) is 48.0 Å². The third kappa shape index (κ3) is 2.85. The van der Waals surface area contributed by atoms with Crippen LogP contribution in [0.3, 0.4) is 0 Å². The first kappa shape index (κ1) is 14.0. The van der Waals surface area contributed by atoms with Crippen LogP contribution in [0.5, 0.6) is 0 Å². The van der Waals surface area contributed by atoms with Crippen molar-refractivity contribution in [3.63, 3.8) is 0 Å². The maximum absolute atomic E-state index is 4.64. The molecule has 4 rings (SSSR count). The lowest BCUT2D eigenvalue weighted by Crippen LogP contribution is -1.94. The molecule has 0 saturated carbocycles. The van der Waals surface area contributed by atoms with E-state index in [1.807, 2.05) is 41.0 Å². The molecule has 0 aliphatic carbocycles. The molecule has 0 aliphatic heterocycles. The van der Waals surface area contributed by atoms with E-state index in [9.17, 15) is 0 Å². The number of benzene rings is 1. The highest BCUT2D eigenvalue weighted by Crippen LogP contribution is 2.23. The zero-order valence-electron chi connectivity index (χ0n) is 12.6. The largest absolute Gasteiger partial charge is 0.307 e. The predicted molar refractivity (Wildman–Crippen MR) is 90.8 cm³/mol. The van der Waals surface area contributed by atoms with Crippen LogP contribution in [0.1, 0.15) is 11.3 Å². The molecule has 0 radical (unpaired) electrons. The molecular formula is C17H15N5S. The normalized spacial score (nSPS) is 11.2. The van der Waals surface area contributed by atoms with Crippen molar-refractivity contribution in [1.29, 1.82) is 0 Å². The van der Waals surface area contributed by atoms with Gasteiger partial charge in [0.1, 0.15) is 12.0 Å². The van der Waals surface area contributed by atoms with Crippen LogP contribution in [0.15, 0.2) is 66.3 Å². The molecule has 0 fully saturated rings. The van der Waals surface area contributed by atoms with Gasteiger partial charge < -0.3 is 4.40 Å². The number of para-hydroxylation sites is 1. The Morgan fingerprint density at radius 1 is 1.04 bits per heavy atom. The van der Waals surface area contributed by atoms with Crippen LogP contribution in [0.2, 0.25) is 0 Å². The molecule has 0 spiro atoms. The Bertz CT molecular complexity index is 942. The van der Waals surface area contributed by atoms with E-state index in [0.29, 0.717) is 0 Å². The van der Waals surface area contributed by atoms with Gasteiger partial charge in [-0.05, 0) is 30.7 Å². The SMILES string of the molecule is Cc1ccc2nc(CSc3nncn3-c3ccccc3)cn2c1. The predicted octanol–water partition coefficient (Wildman–Crippen LogP) is 3.52. The molecule has 0 bridgehead atoms. The Morgan fingerprint density at radius 2 is 1.91 bits per heavy atom. The molecule has 0 N–H and O–H groups in total. The highest BCUT2D eigenvalue weighted by Gasteiger charge is 2.09. The minimum Gasteiger partial charge on any atom is -0.307 e. The van der Waals surface area contributed by atoms with Crippen LogP contribution in [-0.2, 0) is 5.75 Å². The molecule has 4 aromatic rings. The first-order chi connectivity index (χ1) is 11.3. The van der Waals surface area contributed by atoms with Gasteiger partial charge in [-0.1, -0.05) is 36.0 Å². The minimum absolute atomic E-state index is 0.756. The second-order valence-corrected chi connectivity index (χ2v) is 6.25. The van der Waals surface area contributed by atoms with Gasteiger partial charge in [-0.3, -0.25) is 4.57 Å². The average Bonchev–Trinajstić information content (AvgIpc) is 3.19. The Morgan fingerprint density at radius 3 is 2.78 bits per heavy atom. The lowest BCUT2D eigenvalue weighted by Gasteiger charge is -2.04. The quantitative estimate of drug-likeness (QED) is 0.540. The van der Waals surface area contributed by atoms with Crippen molar-refractivity contribution in [2.75, 3.05) is 0 Å². The number of rotatable bonds is 4. The molecule has 0 unspecified atom stereocenters. The van der Waals surface area contributed by atoms with Gasteiger partial charge in [0.15, 0.2) is 5.16 Å². The van der Waals surface area contributed by atoms with Crippen molar-refractivity contribution in [3.8, 4) is 5.69 Å². The van der Waals surface area contributed by atoms with E-state index in [1.165, 1.54) is 5.56 Å². The molecule has 23 heavy (non-hydrogen) atoms. The van der Waals surface area contributed by atoms with Crippen molar-refractivity contribution < 1.29 is 0 Å². The summed E-state index contributed by atoms with van der Waals surface area (Å²) in [6, 6.07) is 14.2. The maximum Gasteiger partial charge on any atom is 0.195 e. The Hall–Kier alpha value is -2.60. The lowest BCUT2D eigenvalue weighted by atomic mass is 10.3. The molecule has 0 aliphatic rings. The maximum atomic E-state index is 4.64. The first-order valence-corrected chi connectivity index (χ1v) is 8.31. The summed E-state index contributed by atoms with van der Waals surface area (Å²) in [5.41, 5.74) is 4.28. The van der Waals surface area contributed by atoms with Crippen LogP contribution in [-0.4, -0.2) is 24.1 Å². The van der Waals surface area contributed by atoms with Crippen molar-refractivity contribution in [3.05, 3.63) is 72.4 Å². The van der Waals surface area contributed by atoms with E-state index in [2.05, 4.69) is 45.0 Å². The number of pyridine rings is 1. The summed E-state index contributed by atoms with van der Waals surface area (Å²) in [4.78, 5) is 4.64. The number of hydrogen-bond donors (Lipinski definition) is 0. The number of aromatic nitrogens is 5. The van der Waals surface area contributed by atoms with E-state index in [-0.39, 0.29) is 0 Å². The van der Waals surface area contributed by atoms with E-state index in [4.69, 9.17) is 0 Å². The number of fused-ring (bicyclic) bond motifs is 1. The zero-order valence-corrected chi connectivity index (χ0v) is 13.4. The number of imidazole rings is 1. The highest BCUT2D eigenvalue weighted by molar-refractivity contribution is 7.98. The molecule has 114 valence electrons. The summed E-state index contributed by atoms with van der Waals surface area (Å²) in [5, 5.41) is 9.11. The van der Waals surface area contributed by atoms with Gasteiger partial charge >= 0.3 is 0 Å². The second kappa shape index (κ2) is 5.89. The minimum atomic E-state index is 0.756. The summed E-state index contributed by atoms with van der Waals surface area (Å²) in [5.74, 6) is 0.756. The fourth-order valence-electron chi connectivity index (χ4n) is 2.45. The summed E-state index contributed by atoms with van der Waals surface area (Å²) in [6.07, 6.45) is 5.90. The number of hydrogen-bond acceptors (Lipinski definition) is 4. The summed E-state index contributed by atoms with van der Waals surface area (Å²) in [6.45, 7) is 2.08. The molecule has 0 atom stereocenters. The number of nitrogens with zero attached hydrogens (tertiary/aromatic N) is 5. The lowest BCUT2D eigenvalue weighted by molar-refractivity contribution is 0.883. The van der Waals surface area contributed by atoms with E-state index < -0.39 is 0 Å². The smallest absolute Gasteiger partial charge is 0.195 e. The van der Waals surface area contributed by atoms with E-state index >= 15 is 0 Å². The van der Waals surface area contributed by atoms with Crippen LogP contribution in [0.25, 0.3) is 11.3 Å². The van der Waals surface area contributed by atoms with Crippen molar-refractivity contribution in [2.24, 2.45) is 0 Å². The van der Waals surface area contributed by atoms with Gasteiger partial charge in [0.25, 0.3) is 0 Å². The third-order valence-corrected chi connectivity index (χ3v) is 4.53. The van der Waals surface area contributed by atoms with Crippen molar-refractivity contribution in [1.82, 2.24) is 24.1 Å². The van der Waals surface area contributed by atoms with Crippen LogP contribution >= 0.6 is 11.8 Å². The average molecular weight is 321 g/mol. The Labute approximate surface area is 138 Å². The number of aryl methyl sites for hydroxylation is 1. The monoisotopic (exact) mass is 321 g/mol. The third-order valence-electron chi connectivity index (χ3n) is 3.55. The molecule has 5 nitrogen and oxygen atoms in total. The molecule has 1 aromatic carbocycles. The molecular weight excluding hydrogens is 306 g/mol. The van der Waals surface area contributed by atoms with E-state index in [1.54, 1.807) is 18.1 Å². The molecule has 3 aromatic heterocycles. The van der Waals surface area contributed by atoms with Crippen molar-refractivity contribution >= 4 is 17.4 Å². The van der Waals surface area contributed by atoms with Gasteiger partial charge in [0.2, 0.25) is 0 Å². The Kier molecular flexibility index (Phi) is 3.59. The summed E-state index contributed by atoms with van der Waals surface area (Å²) < 4.78 is 4.05. The second-order valence-electron chi connectivity index (χ2n) is 5.31. The molecule has 3 heterocycles. The van der Waals surface area contributed by atoms with Gasteiger partial charge in [0.05, 0.1) is 5.69 Å². The molecule has 0 saturated heterocycles. The molecule has 6 heteroatoms. The fraction of sp³-hybridized carbons (Fsp3) is 0.118. The molecule has 0 amide bonds. The summed E-state index contributed by atoms with van der Waals surface area (Å²) >= 11 is 1.63. The fourth-order valence-corrected chi connectivity index (χ4v) is 3.26. The van der Waals surface area contributed by atoms with Crippen LogP contribution in [0.4, 0.5) is 0 Å². The van der Waals surface area contributed by atoms with Gasteiger partial charge in [-0.15, -0.1) is 10.2 Å².